The second-order valence-corrected chi connectivity index (χ2v) is 4.76. The van der Waals surface area contributed by atoms with Crippen molar-refractivity contribution in [2.75, 3.05) is 18.7 Å². The molecule has 1 aromatic carbocycles. The van der Waals surface area contributed by atoms with Gasteiger partial charge in [0.05, 0.1) is 11.6 Å². The fraction of sp³-hybridized carbons (Fsp3) is 0.231. The van der Waals surface area contributed by atoms with Gasteiger partial charge in [-0.2, -0.15) is 4.39 Å². The van der Waals surface area contributed by atoms with E-state index < -0.39 is 47.6 Å². The Morgan fingerprint density at radius 3 is 2.78 bits per heavy atom. The third-order valence-electron chi connectivity index (χ3n) is 3.45. The molecule has 1 aliphatic rings. The average Bonchev–Trinajstić information content (AvgIpc) is 2.50. The van der Waals surface area contributed by atoms with Crippen molar-refractivity contribution < 1.29 is 33.3 Å². The summed E-state index contributed by atoms with van der Waals surface area (Å²) in [7, 11) is 1.44. The van der Waals surface area contributed by atoms with E-state index in [2.05, 4.69) is 4.74 Å². The highest BCUT2D eigenvalue weighted by atomic mass is 19.2. The minimum absolute atomic E-state index is 0.0983. The van der Waals surface area contributed by atoms with E-state index in [4.69, 9.17) is 9.84 Å². The number of nitrogens with zero attached hydrogens (tertiary/aromatic N) is 2. The van der Waals surface area contributed by atoms with Crippen molar-refractivity contribution in [2.24, 2.45) is 0 Å². The maximum atomic E-state index is 14.0. The van der Waals surface area contributed by atoms with Gasteiger partial charge in [0.1, 0.15) is 12.1 Å². The SMILES string of the molecule is CN1C(CO)Oc2c(F)c(F)cc3c(=O)c(OC(=O)O)cn1c23. The minimum atomic E-state index is -1.73. The fourth-order valence-corrected chi connectivity index (χ4v) is 2.39. The molecule has 23 heavy (non-hydrogen) atoms. The van der Waals surface area contributed by atoms with Crippen LogP contribution in [-0.2, 0) is 0 Å². The van der Waals surface area contributed by atoms with Crippen LogP contribution in [-0.4, -0.2) is 40.9 Å². The summed E-state index contributed by atoms with van der Waals surface area (Å²) in [6.07, 6.45) is -1.79. The third kappa shape index (κ3) is 2.14. The molecule has 2 aromatic rings. The molecule has 0 radical (unpaired) electrons. The lowest BCUT2D eigenvalue weighted by atomic mass is 10.1. The topological polar surface area (TPSA) is 101 Å². The van der Waals surface area contributed by atoms with E-state index in [1.807, 2.05) is 0 Å². The quantitative estimate of drug-likeness (QED) is 0.779. The Kier molecular flexibility index (Phi) is 3.33. The number of hydrogen-bond acceptors (Lipinski definition) is 6. The minimum Gasteiger partial charge on any atom is -0.461 e. The molecular weight excluding hydrogens is 318 g/mol. The number of aliphatic hydroxyl groups is 1. The Bertz CT molecular complexity index is 881. The Morgan fingerprint density at radius 2 is 2.17 bits per heavy atom. The Labute approximate surface area is 126 Å². The summed E-state index contributed by atoms with van der Waals surface area (Å²) in [6, 6.07) is 0.637. The lowest BCUT2D eigenvalue weighted by Crippen LogP contribution is -2.49. The molecule has 1 atom stereocenters. The molecule has 0 saturated carbocycles. The molecule has 0 amide bonds. The first-order chi connectivity index (χ1) is 10.8. The number of ether oxygens (including phenoxy) is 2. The van der Waals surface area contributed by atoms with E-state index in [1.165, 1.54) is 12.1 Å². The first-order valence-electron chi connectivity index (χ1n) is 6.34. The van der Waals surface area contributed by atoms with Gasteiger partial charge in [-0.3, -0.25) is 14.5 Å². The maximum absolute atomic E-state index is 14.0. The maximum Gasteiger partial charge on any atom is 0.511 e. The van der Waals surface area contributed by atoms with Gasteiger partial charge in [0.15, 0.2) is 11.6 Å². The number of aromatic nitrogens is 1. The third-order valence-corrected chi connectivity index (χ3v) is 3.45. The van der Waals surface area contributed by atoms with Crippen LogP contribution in [0.1, 0.15) is 0 Å². The monoisotopic (exact) mass is 328 g/mol. The lowest BCUT2D eigenvalue weighted by Gasteiger charge is -2.36. The number of likely N-dealkylation sites (N-methyl/N-ethyl adjacent to an activating group) is 1. The van der Waals surface area contributed by atoms with Crippen LogP contribution in [0.15, 0.2) is 17.1 Å². The molecule has 122 valence electrons. The predicted octanol–water partition coefficient (Wildman–Crippen LogP) is 0.615. The van der Waals surface area contributed by atoms with E-state index in [1.54, 1.807) is 0 Å². The molecule has 8 nitrogen and oxygen atoms in total. The van der Waals surface area contributed by atoms with Crippen LogP contribution in [0.25, 0.3) is 10.9 Å². The van der Waals surface area contributed by atoms with Crippen molar-refractivity contribution in [1.82, 2.24) is 4.68 Å². The second kappa shape index (κ2) is 5.09. The molecule has 2 N–H and O–H groups in total. The van der Waals surface area contributed by atoms with Crippen LogP contribution >= 0.6 is 0 Å². The molecule has 0 aliphatic carbocycles. The van der Waals surface area contributed by atoms with Crippen LogP contribution < -0.4 is 19.9 Å². The molecule has 0 spiro atoms. The van der Waals surface area contributed by atoms with Crippen molar-refractivity contribution in [3.8, 4) is 11.5 Å². The largest absolute Gasteiger partial charge is 0.511 e. The van der Waals surface area contributed by atoms with Gasteiger partial charge in [-0.05, 0) is 6.07 Å². The molecule has 0 fully saturated rings. The van der Waals surface area contributed by atoms with Crippen molar-refractivity contribution in [1.29, 1.82) is 0 Å². The van der Waals surface area contributed by atoms with Crippen LogP contribution in [0.2, 0.25) is 0 Å². The summed E-state index contributed by atoms with van der Waals surface area (Å²) in [6.45, 7) is -0.561. The highest BCUT2D eigenvalue weighted by molar-refractivity contribution is 5.87. The van der Waals surface area contributed by atoms with E-state index in [9.17, 15) is 23.5 Å². The van der Waals surface area contributed by atoms with Gasteiger partial charge < -0.3 is 19.7 Å². The standard InChI is InChI=1S/C13H10F2N2O6/c1-16-8(4-18)23-12-9(15)6(14)2-5-10(12)17(16)3-7(11(5)19)22-13(20)21/h2-3,8,18H,4H2,1H3,(H,20,21). The molecule has 1 aliphatic heterocycles. The van der Waals surface area contributed by atoms with E-state index in [-0.39, 0.29) is 10.9 Å². The number of benzene rings is 1. The average molecular weight is 328 g/mol. The van der Waals surface area contributed by atoms with Crippen molar-refractivity contribution in [3.63, 3.8) is 0 Å². The van der Waals surface area contributed by atoms with Gasteiger partial charge in [0.2, 0.25) is 23.2 Å². The number of carbonyl (C=O) groups is 1. The smallest absolute Gasteiger partial charge is 0.461 e. The van der Waals surface area contributed by atoms with Crippen molar-refractivity contribution in [2.45, 2.75) is 6.23 Å². The number of aliphatic hydroxyl groups excluding tert-OH is 1. The van der Waals surface area contributed by atoms with Crippen LogP contribution in [0.5, 0.6) is 11.5 Å². The number of halogens is 2. The molecule has 0 saturated heterocycles. The van der Waals surface area contributed by atoms with Gasteiger partial charge in [0, 0.05) is 7.05 Å². The first kappa shape index (κ1) is 15.0. The van der Waals surface area contributed by atoms with Gasteiger partial charge in [-0.15, -0.1) is 0 Å². The number of carboxylic acid groups (broad SMARTS) is 1. The van der Waals surface area contributed by atoms with Crippen molar-refractivity contribution in [3.05, 3.63) is 34.1 Å². The highest BCUT2D eigenvalue weighted by Gasteiger charge is 2.31. The Morgan fingerprint density at radius 1 is 1.48 bits per heavy atom. The molecule has 10 heteroatoms. The summed E-state index contributed by atoms with van der Waals surface area (Å²) in [5, 5.41) is 18.9. The second-order valence-electron chi connectivity index (χ2n) is 4.76. The Balaban J connectivity index is 2.42. The zero-order valence-electron chi connectivity index (χ0n) is 11.6. The predicted molar refractivity (Wildman–Crippen MR) is 72.4 cm³/mol. The summed E-state index contributed by atoms with van der Waals surface area (Å²) in [5.41, 5.74) is -1.03. The fourth-order valence-electron chi connectivity index (χ4n) is 2.39. The van der Waals surface area contributed by atoms with E-state index >= 15 is 0 Å². The zero-order valence-corrected chi connectivity index (χ0v) is 11.6. The summed E-state index contributed by atoms with van der Waals surface area (Å²) >= 11 is 0. The van der Waals surface area contributed by atoms with Crippen LogP contribution in [0.3, 0.4) is 0 Å². The number of pyridine rings is 1. The van der Waals surface area contributed by atoms with Gasteiger partial charge >= 0.3 is 6.16 Å². The molecule has 1 unspecified atom stereocenters. The summed E-state index contributed by atoms with van der Waals surface area (Å²) in [4.78, 5) is 22.9. The van der Waals surface area contributed by atoms with E-state index in [0.29, 0.717) is 6.07 Å². The number of hydrogen-bond donors (Lipinski definition) is 2. The molecule has 0 bridgehead atoms. The molecule has 3 rings (SSSR count). The molecule has 2 heterocycles. The zero-order chi connectivity index (χ0) is 16.9. The van der Waals surface area contributed by atoms with Gasteiger partial charge in [-0.1, -0.05) is 0 Å². The molecular formula is C13H10F2N2O6. The van der Waals surface area contributed by atoms with Crippen LogP contribution in [0, 0.1) is 11.6 Å². The normalized spacial score (nSPS) is 16.3. The molecule has 1 aromatic heterocycles. The summed E-state index contributed by atoms with van der Waals surface area (Å²) < 4.78 is 38.4. The van der Waals surface area contributed by atoms with Gasteiger partial charge in [-0.25, -0.2) is 9.18 Å². The van der Waals surface area contributed by atoms with Crippen LogP contribution in [0.4, 0.5) is 13.6 Å². The van der Waals surface area contributed by atoms with Crippen molar-refractivity contribution >= 4 is 17.1 Å². The Hall–Kier alpha value is -2.88. The number of rotatable bonds is 2. The van der Waals surface area contributed by atoms with E-state index in [0.717, 1.165) is 10.9 Å². The lowest BCUT2D eigenvalue weighted by molar-refractivity contribution is 0.0872. The first-order valence-corrected chi connectivity index (χ1v) is 6.34. The highest BCUT2D eigenvalue weighted by Crippen LogP contribution is 2.34. The van der Waals surface area contributed by atoms with Gasteiger partial charge in [0.25, 0.3) is 0 Å². The summed E-state index contributed by atoms with van der Waals surface area (Å²) in [5.74, 6) is -3.79.